The minimum absolute atomic E-state index is 0.0917. The van der Waals surface area contributed by atoms with Crippen molar-refractivity contribution >= 4 is 17.6 Å². The molecular formula is C16H21N3O3. The normalized spacial score (nSPS) is 20.5. The number of hydrogen-bond donors (Lipinski definition) is 3. The standard InChI is InChI=1S/C16H21N3O3/c20-15(18-12-6-7-12)11-3-1-4-13(9-11)19-16(21)17-10-14-5-2-8-22-14/h1,3-4,9,12,14H,2,5-8,10H2,(H,18,20)(H2,17,19,21). The number of hydrogen-bond acceptors (Lipinski definition) is 3. The Labute approximate surface area is 129 Å². The molecule has 1 aliphatic heterocycles. The van der Waals surface area contributed by atoms with Crippen LogP contribution in [0.3, 0.4) is 0 Å². The van der Waals surface area contributed by atoms with Gasteiger partial charge in [-0.05, 0) is 43.9 Å². The van der Waals surface area contributed by atoms with Gasteiger partial charge in [-0.15, -0.1) is 0 Å². The predicted molar refractivity (Wildman–Crippen MR) is 82.9 cm³/mol. The first kappa shape index (κ1) is 14.8. The molecule has 2 aliphatic rings. The SMILES string of the molecule is O=C(NCC1CCCO1)Nc1cccc(C(=O)NC2CC2)c1. The summed E-state index contributed by atoms with van der Waals surface area (Å²) in [4.78, 5) is 23.8. The third kappa shape index (κ3) is 4.21. The van der Waals surface area contributed by atoms with Crippen molar-refractivity contribution < 1.29 is 14.3 Å². The number of benzene rings is 1. The number of rotatable bonds is 5. The Morgan fingerprint density at radius 1 is 1.23 bits per heavy atom. The van der Waals surface area contributed by atoms with Crippen LogP contribution in [0.25, 0.3) is 0 Å². The third-order valence-corrected chi connectivity index (χ3v) is 3.81. The molecule has 0 radical (unpaired) electrons. The molecule has 118 valence electrons. The highest BCUT2D eigenvalue weighted by atomic mass is 16.5. The van der Waals surface area contributed by atoms with Gasteiger partial charge in [-0.1, -0.05) is 6.07 Å². The maximum absolute atomic E-state index is 12.0. The Hall–Kier alpha value is -2.08. The zero-order valence-electron chi connectivity index (χ0n) is 12.4. The van der Waals surface area contributed by atoms with Gasteiger partial charge in [0.25, 0.3) is 5.91 Å². The molecule has 1 aromatic carbocycles. The molecule has 1 unspecified atom stereocenters. The van der Waals surface area contributed by atoms with Gasteiger partial charge in [0, 0.05) is 30.4 Å². The molecule has 1 heterocycles. The Morgan fingerprint density at radius 2 is 2.09 bits per heavy atom. The maximum atomic E-state index is 12.0. The van der Waals surface area contributed by atoms with Crippen LogP contribution in [-0.2, 0) is 4.74 Å². The summed E-state index contributed by atoms with van der Waals surface area (Å²) in [7, 11) is 0. The zero-order valence-corrected chi connectivity index (χ0v) is 12.4. The number of urea groups is 1. The molecule has 6 nitrogen and oxygen atoms in total. The number of carbonyl (C=O) groups excluding carboxylic acids is 2. The van der Waals surface area contributed by atoms with Gasteiger partial charge in [0.1, 0.15) is 0 Å². The lowest BCUT2D eigenvalue weighted by molar-refractivity contribution is 0.0951. The van der Waals surface area contributed by atoms with Crippen LogP contribution in [-0.4, -0.2) is 37.2 Å². The Balaban J connectivity index is 1.50. The van der Waals surface area contributed by atoms with Crippen LogP contribution >= 0.6 is 0 Å². The monoisotopic (exact) mass is 303 g/mol. The van der Waals surface area contributed by atoms with Crippen LogP contribution in [0.1, 0.15) is 36.0 Å². The topological polar surface area (TPSA) is 79.5 Å². The molecule has 3 rings (SSSR count). The van der Waals surface area contributed by atoms with Gasteiger partial charge in [0.15, 0.2) is 0 Å². The summed E-state index contributed by atoms with van der Waals surface area (Å²) >= 11 is 0. The average Bonchev–Trinajstić information content (AvgIpc) is 3.17. The quantitative estimate of drug-likeness (QED) is 0.777. The lowest BCUT2D eigenvalue weighted by Crippen LogP contribution is -2.35. The molecular weight excluding hydrogens is 282 g/mol. The second kappa shape index (κ2) is 6.79. The highest BCUT2D eigenvalue weighted by Crippen LogP contribution is 2.20. The van der Waals surface area contributed by atoms with Gasteiger partial charge in [0.05, 0.1) is 6.10 Å². The Bertz CT molecular complexity index is 551. The van der Waals surface area contributed by atoms with Crippen molar-refractivity contribution in [1.29, 1.82) is 0 Å². The smallest absolute Gasteiger partial charge is 0.319 e. The van der Waals surface area contributed by atoms with Crippen LogP contribution in [0.4, 0.5) is 10.5 Å². The summed E-state index contributed by atoms with van der Waals surface area (Å²) in [6, 6.07) is 6.99. The molecule has 2 fully saturated rings. The number of nitrogens with one attached hydrogen (secondary N) is 3. The number of carbonyl (C=O) groups is 2. The number of amides is 3. The second-order valence-corrected chi connectivity index (χ2v) is 5.80. The van der Waals surface area contributed by atoms with Crippen LogP contribution < -0.4 is 16.0 Å². The molecule has 1 aromatic rings. The summed E-state index contributed by atoms with van der Waals surface area (Å²) in [5.74, 6) is -0.0917. The van der Waals surface area contributed by atoms with Gasteiger partial charge in [-0.2, -0.15) is 0 Å². The molecule has 1 saturated carbocycles. The van der Waals surface area contributed by atoms with E-state index in [1.807, 2.05) is 0 Å². The van der Waals surface area contributed by atoms with E-state index in [9.17, 15) is 9.59 Å². The Morgan fingerprint density at radius 3 is 2.82 bits per heavy atom. The van der Waals surface area contributed by atoms with Gasteiger partial charge < -0.3 is 20.7 Å². The van der Waals surface area contributed by atoms with E-state index in [1.54, 1.807) is 24.3 Å². The fourth-order valence-electron chi connectivity index (χ4n) is 2.42. The molecule has 3 amide bonds. The first-order chi connectivity index (χ1) is 10.7. The highest BCUT2D eigenvalue weighted by molar-refractivity contribution is 5.97. The first-order valence-corrected chi connectivity index (χ1v) is 7.78. The number of anilines is 1. The minimum atomic E-state index is -0.282. The molecule has 22 heavy (non-hydrogen) atoms. The van der Waals surface area contributed by atoms with E-state index in [0.717, 1.165) is 32.3 Å². The molecule has 1 atom stereocenters. The molecule has 1 aliphatic carbocycles. The molecule has 1 saturated heterocycles. The van der Waals surface area contributed by atoms with Gasteiger partial charge in [-0.25, -0.2) is 4.79 Å². The van der Waals surface area contributed by atoms with Crippen molar-refractivity contribution in [3.05, 3.63) is 29.8 Å². The molecule has 6 heteroatoms. The molecule has 0 aromatic heterocycles. The van der Waals surface area contributed by atoms with E-state index in [4.69, 9.17) is 4.74 Å². The van der Waals surface area contributed by atoms with Crippen molar-refractivity contribution in [2.75, 3.05) is 18.5 Å². The van der Waals surface area contributed by atoms with Crippen molar-refractivity contribution in [2.24, 2.45) is 0 Å². The summed E-state index contributed by atoms with van der Waals surface area (Å²) in [6.45, 7) is 1.28. The zero-order chi connectivity index (χ0) is 15.4. The fraction of sp³-hybridized carbons (Fsp3) is 0.500. The van der Waals surface area contributed by atoms with Crippen molar-refractivity contribution in [1.82, 2.24) is 10.6 Å². The summed E-state index contributed by atoms with van der Waals surface area (Å²) in [5.41, 5.74) is 1.16. The lowest BCUT2D eigenvalue weighted by atomic mass is 10.2. The highest BCUT2D eigenvalue weighted by Gasteiger charge is 2.23. The van der Waals surface area contributed by atoms with E-state index < -0.39 is 0 Å². The van der Waals surface area contributed by atoms with Crippen molar-refractivity contribution in [3.8, 4) is 0 Å². The van der Waals surface area contributed by atoms with Crippen LogP contribution in [0.15, 0.2) is 24.3 Å². The third-order valence-electron chi connectivity index (χ3n) is 3.81. The van der Waals surface area contributed by atoms with Gasteiger partial charge in [0.2, 0.25) is 0 Å². The summed E-state index contributed by atoms with van der Waals surface area (Å²) < 4.78 is 5.45. The van der Waals surface area contributed by atoms with E-state index in [-0.39, 0.29) is 18.0 Å². The Kier molecular flexibility index (Phi) is 4.58. The number of ether oxygens (including phenoxy) is 1. The maximum Gasteiger partial charge on any atom is 0.319 e. The summed E-state index contributed by atoms with van der Waals surface area (Å²) in [5, 5.41) is 8.46. The van der Waals surface area contributed by atoms with Crippen LogP contribution in [0.5, 0.6) is 0 Å². The fourth-order valence-corrected chi connectivity index (χ4v) is 2.42. The summed E-state index contributed by atoms with van der Waals surface area (Å²) in [6.07, 6.45) is 4.25. The van der Waals surface area contributed by atoms with Crippen molar-refractivity contribution in [3.63, 3.8) is 0 Å². The molecule has 3 N–H and O–H groups in total. The van der Waals surface area contributed by atoms with Crippen molar-refractivity contribution in [2.45, 2.75) is 37.8 Å². The van der Waals surface area contributed by atoms with E-state index in [0.29, 0.717) is 23.8 Å². The van der Waals surface area contributed by atoms with Crippen LogP contribution in [0, 0.1) is 0 Å². The van der Waals surface area contributed by atoms with E-state index in [2.05, 4.69) is 16.0 Å². The molecule has 0 bridgehead atoms. The molecule has 0 spiro atoms. The lowest BCUT2D eigenvalue weighted by Gasteiger charge is -2.12. The first-order valence-electron chi connectivity index (χ1n) is 7.78. The van der Waals surface area contributed by atoms with Gasteiger partial charge in [-0.3, -0.25) is 4.79 Å². The predicted octanol–water partition coefficient (Wildman–Crippen LogP) is 1.88. The van der Waals surface area contributed by atoms with E-state index >= 15 is 0 Å². The largest absolute Gasteiger partial charge is 0.376 e. The van der Waals surface area contributed by atoms with E-state index in [1.165, 1.54) is 0 Å². The second-order valence-electron chi connectivity index (χ2n) is 5.80. The van der Waals surface area contributed by atoms with Crippen LogP contribution in [0.2, 0.25) is 0 Å². The minimum Gasteiger partial charge on any atom is -0.376 e. The average molecular weight is 303 g/mol. The van der Waals surface area contributed by atoms with Gasteiger partial charge >= 0.3 is 6.03 Å².